The summed E-state index contributed by atoms with van der Waals surface area (Å²) in [5.74, 6) is -0.235. The highest BCUT2D eigenvalue weighted by molar-refractivity contribution is 7.07. The van der Waals surface area contributed by atoms with E-state index in [-0.39, 0.29) is 5.91 Å². The zero-order valence-corrected chi connectivity index (χ0v) is 11.7. The lowest BCUT2D eigenvalue weighted by Gasteiger charge is -2.12. The molecule has 2 aromatic rings. The third-order valence-corrected chi connectivity index (χ3v) is 3.54. The van der Waals surface area contributed by atoms with Crippen LogP contribution >= 0.6 is 11.3 Å². The molecule has 5 heteroatoms. The van der Waals surface area contributed by atoms with Crippen molar-refractivity contribution in [1.82, 2.24) is 4.57 Å². The Balaban J connectivity index is 2.20. The summed E-state index contributed by atoms with van der Waals surface area (Å²) >= 11 is 1.38. The molecule has 0 spiro atoms. The topological polar surface area (TPSA) is 54.6 Å². The van der Waals surface area contributed by atoms with Crippen molar-refractivity contribution in [2.45, 2.75) is 26.5 Å². The number of thiazole rings is 1. The fourth-order valence-electron chi connectivity index (χ4n) is 1.74. The van der Waals surface area contributed by atoms with Crippen LogP contribution < -0.4 is 4.80 Å². The van der Waals surface area contributed by atoms with Crippen molar-refractivity contribution in [2.75, 3.05) is 0 Å². The molecule has 100 valence electrons. The summed E-state index contributed by atoms with van der Waals surface area (Å²) in [6, 6.07) is 7.76. The molecule has 0 radical (unpaired) electrons. The Hall–Kier alpha value is -1.72. The lowest BCUT2D eigenvalue weighted by molar-refractivity contribution is -0.116. The van der Waals surface area contributed by atoms with Gasteiger partial charge in [-0.15, -0.1) is 11.3 Å². The summed E-state index contributed by atoms with van der Waals surface area (Å²) in [6.07, 6.45) is 1.21. The quantitative estimate of drug-likeness (QED) is 0.932. The van der Waals surface area contributed by atoms with Gasteiger partial charge in [0.1, 0.15) is 0 Å². The SMILES string of the molecule is CC(=O)N=c1sccn1CC(O)c1ccc(C)cc1. The highest BCUT2D eigenvalue weighted by Gasteiger charge is 2.09. The molecule has 1 amide bonds. The highest BCUT2D eigenvalue weighted by Crippen LogP contribution is 2.15. The van der Waals surface area contributed by atoms with Gasteiger partial charge in [0.15, 0.2) is 4.80 Å². The lowest BCUT2D eigenvalue weighted by atomic mass is 10.1. The first-order valence-corrected chi connectivity index (χ1v) is 6.88. The number of aliphatic hydroxyl groups is 1. The second-order valence-electron chi connectivity index (χ2n) is 4.40. The molecule has 2 rings (SSSR count). The molecule has 1 aromatic carbocycles. The number of benzene rings is 1. The highest BCUT2D eigenvalue weighted by atomic mass is 32.1. The first-order chi connectivity index (χ1) is 9.06. The van der Waals surface area contributed by atoms with Crippen LogP contribution in [0.15, 0.2) is 40.8 Å². The standard InChI is InChI=1S/C14H16N2O2S/c1-10-3-5-12(6-4-10)13(18)9-16-7-8-19-14(16)15-11(2)17/h3-8,13,18H,9H2,1-2H3. The molecule has 0 saturated heterocycles. The summed E-state index contributed by atoms with van der Waals surface area (Å²) in [4.78, 5) is 15.5. The van der Waals surface area contributed by atoms with Gasteiger partial charge in [-0.05, 0) is 12.5 Å². The molecule has 0 aliphatic heterocycles. The van der Waals surface area contributed by atoms with Crippen molar-refractivity contribution in [2.24, 2.45) is 4.99 Å². The van der Waals surface area contributed by atoms with Crippen molar-refractivity contribution in [3.63, 3.8) is 0 Å². The molecule has 1 heterocycles. The zero-order valence-electron chi connectivity index (χ0n) is 10.9. The number of hydrogen-bond donors (Lipinski definition) is 1. The van der Waals surface area contributed by atoms with E-state index >= 15 is 0 Å². The predicted molar refractivity (Wildman–Crippen MR) is 74.7 cm³/mol. The summed E-state index contributed by atoms with van der Waals surface area (Å²) in [6.45, 7) is 3.81. The van der Waals surface area contributed by atoms with E-state index in [0.29, 0.717) is 11.3 Å². The molecular weight excluding hydrogens is 260 g/mol. The van der Waals surface area contributed by atoms with E-state index < -0.39 is 6.10 Å². The van der Waals surface area contributed by atoms with Gasteiger partial charge < -0.3 is 9.67 Å². The van der Waals surface area contributed by atoms with Crippen molar-refractivity contribution < 1.29 is 9.90 Å². The van der Waals surface area contributed by atoms with E-state index in [2.05, 4.69) is 4.99 Å². The van der Waals surface area contributed by atoms with Crippen LogP contribution in [-0.2, 0) is 11.3 Å². The molecule has 4 nitrogen and oxygen atoms in total. The number of carbonyl (C=O) groups is 1. The van der Waals surface area contributed by atoms with E-state index in [0.717, 1.165) is 11.1 Å². The van der Waals surface area contributed by atoms with Crippen LogP contribution in [0.2, 0.25) is 0 Å². The number of rotatable bonds is 3. The molecule has 1 N–H and O–H groups in total. The average Bonchev–Trinajstić information content (AvgIpc) is 2.76. The summed E-state index contributed by atoms with van der Waals surface area (Å²) in [5.41, 5.74) is 2.02. The molecular formula is C14H16N2O2S. The van der Waals surface area contributed by atoms with Gasteiger partial charge in [0.2, 0.25) is 5.91 Å². The predicted octanol–water partition coefficient (Wildman–Crippen LogP) is 2.04. The van der Waals surface area contributed by atoms with Crippen LogP contribution in [0, 0.1) is 6.92 Å². The fourth-order valence-corrected chi connectivity index (χ4v) is 2.52. The molecule has 1 atom stereocenters. The van der Waals surface area contributed by atoms with Crippen LogP contribution in [0.5, 0.6) is 0 Å². The largest absolute Gasteiger partial charge is 0.387 e. The molecule has 1 unspecified atom stereocenters. The van der Waals surface area contributed by atoms with Crippen LogP contribution in [0.3, 0.4) is 0 Å². The maximum absolute atomic E-state index is 11.0. The minimum Gasteiger partial charge on any atom is -0.387 e. The number of aryl methyl sites for hydroxylation is 1. The number of hydrogen-bond acceptors (Lipinski definition) is 3. The van der Waals surface area contributed by atoms with Crippen LogP contribution in [0.1, 0.15) is 24.2 Å². The molecule has 0 aliphatic carbocycles. The monoisotopic (exact) mass is 276 g/mol. The van der Waals surface area contributed by atoms with Crippen molar-refractivity contribution >= 4 is 17.2 Å². The van der Waals surface area contributed by atoms with Gasteiger partial charge in [-0.25, -0.2) is 0 Å². The lowest BCUT2D eigenvalue weighted by Crippen LogP contribution is -2.19. The number of nitrogens with zero attached hydrogens (tertiary/aromatic N) is 2. The Bertz CT molecular complexity index is 625. The van der Waals surface area contributed by atoms with Crippen LogP contribution in [0.25, 0.3) is 0 Å². The molecule has 0 bridgehead atoms. The number of amides is 1. The van der Waals surface area contributed by atoms with E-state index in [1.54, 1.807) is 4.57 Å². The minimum atomic E-state index is -0.610. The van der Waals surface area contributed by atoms with E-state index in [4.69, 9.17) is 0 Å². The van der Waals surface area contributed by atoms with Crippen LogP contribution in [-0.4, -0.2) is 15.6 Å². The smallest absolute Gasteiger partial charge is 0.245 e. The number of aromatic nitrogens is 1. The Kier molecular flexibility index (Phi) is 4.29. The Labute approximate surface area is 115 Å². The summed E-state index contributed by atoms with van der Waals surface area (Å²) in [7, 11) is 0. The maximum Gasteiger partial charge on any atom is 0.245 e. The van der Waals surface area contributed by atoms with Gasteiger partial charge in [-0.2, -0.15) is 4.99 Å². The van der Waals surface area contributed by atoms with E-state index in [1.165, 1.54) is 18.3 Å². The second kappa shape index (κ2) is 5.95. The first-order valence-electron chi connectivity index (χ1n) is 6.00. The van der Waals surface area contributed by atoms with E-state index in [9.17, 15) is 9.90 Å². The summed E-state index contributed by atoms with van der Waals surface area (Å²) < 4.78 is 1.79. The fraction of sp³-hybridized carbons (Fsp3) is 0.286. The third kappa shape index (κ3) is 3.62. The van der Waals surface area contributed by atoms with Gasteiger partial charge in [0.25, 0.3) is 0 Å². The van der Waals surface area contributed by atoms with Crippen molar-refractivity contribution in [1.29, 1.82) is 0 Å². The maximum atomic E-state index is 11.0. The molecule has 0 fully saturated rings. The molecule has 1 aromatic heterocycles. The number of aliphatic hydroxyl groups excluding tert-OH is 1. The third-order valence-electron chi connectivity index (χ3n) is 2.74. The van der Waals surface area contributed by atoms with Crippen molar-refractivity contribution in [3.8, 4) is 0 Å². The van der Waals surface area contributed by atoms with Gasteiger partial charge in [0, 0.05) is 18.5 Å². The van der Waals surface area contributed by atoms with Gasteiger partial charge in [-0.1, -0.05) is 29.8 Å². The number of carbonyl (C=O) groups excluding carboxylic acids is 1. The van der Waals surface area contributed by atoms with E-state index in [1.807, 2.05) is 42.8 Å². The second-order valence-corrected chi connectivity index (χ2v) is 5.27. The Morgan fingerprint density at radius 3 is 2.74 bits per heavy atom. The van der Waals surface area contributed by atoms with Gasteiger partial charge >= 0.3 is 0 Å². The molecule has 0 saturated carbocycles. The Morgan fingerprint density at radius 2 is 2.11 bits per heavy atom. The van der Waals surface area contributed by atoms with Gasteiger partial charge in [0.05, 0.1) is 12.6 Å². The molecule has 0 aliphatic rings. The molecule has 19 heavy (non-hydrogen) atoms. The zero-order chi connectivity index (χ0) is 13.8. The normalized spacial score (nSPS) is 13.5. The van der Waals surface area contributed by atoms with Crippen molar-refractivity contribution in [3.05, 3.63) is 51.8 Å². The van der Waals surface area contributed by atoms with Crippen LogP contribution in [0.4, 0.5) is 0 Å². The summed E-state index contributed by atoms with van der Waals surface area (Å²) in [5, 5.41) is 12.0. The minimum absolute atomic E-state index is 0.235. The Morgan fingerprint density at radius 1 is 1.42 bits per heavy atom. The van der Waals surface area contributed by atoms with Gasteiger partial charge in [-0.3, -0.25) is 4.79 Å². The first kappa shape index (κ1) is 13.7. The average molecular weight is 276 g/mol.